The molecule has 0 radical (unpaired) electrons. The number of thiazole rings is 1. The van der Waals surface area contributed by atoms with Crippen LogP contribution in [-0.4, -0.2) is 11.0 Å². The van der Waals surface area contributed by atoms with Crippen LogP contribution in [0.4, 0.5) is 0 Å². The van der Waals surface area contributed by atoms with Gasteiger partial charge >= 0.3 is 0 Å². The Morgan fingerprint density at radius 2 is 2.33 bits per heavy atom. The van der Waals surface area contributed by atoms with E-state index in [1.165, 1.54) is 18.5 Å². The molecular formula is C12H20N2S. The Hall–Kier alpha value is -0.410. The van der Waals surface area contributed by atoms with Gasteiger partial charge in [-0.25, -0.2) is 4.98 Å². The van der Waals surface area contributed by atoms with Crippen LogP contribution >= 0.6 is 11.3 Å². The van der Waals surface area contributed by atoms with Gasteiger partial charge in [0.25, 0.3) is 0 Å². The van der Waals surface area contributed by atoms with Crippen LogP contribution in [0.5, 0.6) is 0 Å². The van der Waals surface area contributed by atoms with Crippen molar-refractivity contribution >= 4 is 11.3 Å². The van der Waals surface area contributed by atoms with Crippen molar-refractivity contribution in [1.82, 2.24) is 10.3 Å². The maximum absolute atomic E-state index is 4.29. The van der Waals surface area contributed by atoms with E-state index in [0.29, 0.717) is 11.5 Å². The summed E-state index contributed by atoms with van der Waals surface area (Å²) in [7, 11) is 0. The second kappa shape index (κ2) is 4.22. The molecule has 0 aliphatic heterocycles. The molecule has 15 heavy (non-hydrogen) atoms. The van der Waals surface area contributed by atoms with Crippen molar-refractivity contribution in [3.05, 3.63) is 16.6 Å². The van der Waals surface area contributed by atoms with Gasteiger partial charge in [0.2, 0.25) is 0 Å². The molecule has 1 aliphatic rings. The zero-order valence-corrected chi connectivity index (χ0v) is 10.6. The maximum atomic E-state index is 4.29. The van der Waals surface area contributed by atoms with Crippen molar-refractivity contribution in [3.63, 3.8) is 0 Å². The predicted octanol–water partition coefficient (Wildman–Crippen LogP) is 3.06. The molecule has 2 nitrogen and oxygen atoms in total. The molecule has 1 heterocycles. The summed E-state index contributed by atoms with van der Waals surface area (Å²) >= 11 is 1.67. The second-order valence-electron chi connectivity index (χ2n) is 5.52. The molecular weight excluding hydrogens is 204 g/mol. The number of aromatic nitrogens is 1. The van der Waals surface area contributed by atoms with E-state index in [4.69, 9.17) is 0 Å². The molecule has 1 aliphatic carbocycles. The van der Waals surface area contributed by atoms with E-state index in [2.05, 4.69) is 36.5 Å². The Kier molecular flexibility index (Phi) is 3.12. The monoisotopic (exact) mass is 224 g/mol. The van der Waals surface area contributed by atoms with Crippen molar-refractivity contribution in [2.45, 2.75) is 46.2 Å². The van der Waals surface area contributed by atoms with Crippen LogP contribution in [0, 0.1) is 11.3 Å². The second-order valence-corrected chi connectivity index (χ2v) is 6.24. The highest BCUT2D eigenvalue weighted by Gasteiger charge is 2.36. The first-order valence-corrected chi connectivity index (χ1v) is 6.61. The molecule has 2 unspecified atom stereocenters. The summed E-state index contributed by atoms with van der Waals surface area (Å²) < 4.78 is 0. The van der Waals surface area contributed by atoms with Gasteiger partial charge < -0.3 is 5.32 Å². The minimum absolute atomic E-state index is 0.513. The van der Waals surface area contributed by atoms with Crippen LogP contribution in [0.2, 0.25) is 0 Å². The highest BCUT2D eigenvalue weighted by molar-refractivity contribution is 7.07. The summed E-state index contributed by atoms with van der Waals surface area (Å²) in [5.74, 6) is 0.790. The standard InChI is InChI=1S/C12H20N2S/c1-9-4-12(2,3)5-11(9)13-6-10-7-15-8-14-10/h7-9,11,13H,4-6H2,1-3H3. The lowest BCUT2D eigenvalue weighted by molar-refractivity contribution is 0.362. The third-order valence-electron chi connectivity index (χ3n) is 3.36. The fourth-order valence-corrected chi connectivity index (χ4v) is 3.29. The van der Waals surface area contributed by atoms with Crippen LogP contribution in [0.25, 0.3) is 0 Å². The quantitative estimate of drug-likeness (QED) is 0.853. The molecule has 0 bridgehead atoms. The van der Waals surface area contributed by atoms with Crippen LogP contribution in [0.1, 0.15) is 39.3 Å². The van der Waals surface area contributed by atoms with Gasteiger partial charge in [-0.15, -0.1) is 11.3 Å². The Labute approximate surface area is 96.1 Å². The zero-order valence-electron chi connectivity index (χ0n) is 9.79. The summed E-state index contributed by atoms with van der Waals surface area (Å²) in [6.45, 7) is 8.02. The molecule has 84 valence electrons. The smallest absolute Gasteiger partial charge is 0.0795 e. The number of rotatable bonds is 3. The predicted molar refractivity (Wildman–Crippen MR) is 64.9 cm³/mol. The van der Waals surface area contributed by atoms with Crippen molar-refractivity contribution < 1.29 is 0 Å². The molecule has 1 saturated carbocycles. The average molecular weight is 224 g/mol. The van der Waals surface area contributed by atoms with Gasteiger partial charge in [0.05, 0.1) is 11.2 Å². The lowest BCUT2D eigenvalue weighted by Crippen LogP contribution is -2.31. The lowest BCUT2D eigenvalue weighted by atomic mass is 9.91. The van der Waals surface area contributed by atoms with E-state index < -0.39 is 0 Å². The molecule has 1 aromatic heterocycles. The Balaban J connectivity index is 1.85. The molecule has 2 rings (SSSR count). The summed E-state index contributed by atoms with van der Waals surface area (Å²) in [5, 5.41) is 5.76. The van der Waals surface area contributed by atoms with Gasteiger partial charge in [-0.3, -0.25) is 0 Å². The van der Waals surface area contributed by atoms with E-state index in [9.17, 15) is 0 Å². The number of hydrogen-bond donors (Lipinski definition) is 1. The molecule has 0 aromatic carbocycles. The highest BCUT2D eigenvalue weighted by Crippen LogP contribution is 2.40. The van der Waals surface area contributed by atoms with E-state index in [1.54, 1.807) is 11.3 Å². The van der Waals surface area contributed by atoms with Gasteiger partial charge in [-0.05, 0) is 24.2 Å². The largest absolute Gasteiger partial charge is 0.308 e. The van der Waals surface area contributed by atoms with Gasteiger partial charge in [0.1, 0.15) is 0 Å². The van der Waals surface area contributed by atoms with E-state index in [-0.39, 0.29) is 0 Å². The summed E-state index contributed by atoms with van der Waals surface area (Å²) in [6.07, 6.45) is 2.63. The first-order valence-electron chi connectivity index (χ1n) is 5.67. The maximum Gasteiger partial charge on any atom is 0.0795 e. The SMILES string of the molecule is CC1CC(C)(C)CC1NCc1cscn1. The molecule has 3 heteroatoms. The molecule has 2 atom stereocenters. The molecule has 1 fully saturated rings. The fourth-order valence-electron chi connectivity index (χ4n) is 2.73. The van der Waals surface area contributed by atoms with Crippen molar-refractivity contribution in [2.75, 3.05) is 0 Å². The van der Waals surface area contributed by atoms with Gasteiger partial charge in [-0.1, -0.05) is 20.8 Å². The van der Waals surface area contributed by atoms with Gasteiger partial charge in [-0.2, -0.15) is 0 Å². The third-order valence-corrected chi connectivity index (χ3v) is 4.00. The average Bonchev–Trinajstić information content (AvgIpc) is 2.70. The minimum Gasteiger partial charge on any atom is -0.308 e. The first kappa shape index (κ1) is 11.1. The number of hydrogen-bond acceptors (Lipinski definition) is 3. The van der Waals surface area contributed by atoms with E-state index in [0.717, 1.165) is 12.5 Å². The topological polar surface area (TPSA) is 24.9 Å². The summed E-state index contributed by atoms with van der Waals surface area (Å²) in [4.78, 5) is 4.29. The van der Waals surface area contributed by atoms with Crippen LogP contribution in [0.3, 0.4) is 0 Å². The number of nitrogens with zero attached hydrogens (tertiary/aromatic N) is 1. The van der Waals surface area contributed by atoms with Crippen molar-refractivity contribution in [3.8, 4) is 0 Å². The highest BCUT2D eigenvalue weighted by atomic mass is 32.1. The fraction of sp³-hybridized carbons (Fsp3) is 0.750. The van der Waals surface area contributed by atoms with E-state index >= 15 is 0 Å². The molecule has 0 amide bonds. The first-order chi connectivity index (χ1) is 7.07. The van der Waals surface area contributed by atoms with Gasteiger partial charge in [0.15, 0.2) is 0 Å². The van der Waals surface area contributed by atoms with Crippen LogP contribution in [-0.2, 0) is 6.54 Å². The van der Waals surface area contributed by atoms with Crippen LogP contribution in [0.15, 0.2) is 10.9 Å². The Bertz CT molecular complexity index is 305. The van der Waals surface area contributed by atoms with E-state index in [1.807, 2.05) is 5.51 Å². The summed E-state index contributed by atoms with van der Waals surface area (Å²) in [6, 6.07) is 0.668. The van der Waals surface area contributed by atoms with Crippen molar-refractivity contribution in [1.29, 1.82) is 0 Å². The number of nitrogens with one attached hydrogen (secondary N) is 1. The lowest BCUT2D eigenvalue weighted by Gasteiger charge is -2.18. The normalized spacial score (nSPS) is 29.5. The molecule has 1 aromatic rings. The Morgan fingerprint density at radius 3 is 2.87 bits per heavy atom. The minimum atomic E-state index is 0.513. The molecule has 0 saturated heterocycles. The molecule has 1 N–H and O–H groups in total. The summed E-state index contributed by atoms with van der Waals surface area (Å²) in [5.41, 5.74) is 3.59. The zero-order chi connectivity index (χ0) is 10.9. The molecule has 0 spiro atoms. The Morgan fingerprint density at radius 1 is 1.53 bits per heavy atom. The van der Waals surface area contributed by atoms with Crippen LogP contribution < -0.4 is 5.32 Å². The third kappa shape index (κ3) is 2.79. The van der Waals surface area contributed by atoms with Gasteiger partial charge in [0, 0.05) is 18.0 Å². The van der Waals surface area contributed by atoms with Crippen molar-refractivity contribution in [2.24, 2.45) is 11.3 Å².